The highest BCUT2D eigenvalue weighted by Gasteiger charge is 2.29. The molecule has 2 aliphatic heterocycles. The summed E-state index contributed by atoms with van der Waals surface area (Å²) in [5.41, 5.74) is 0. The van der Waals surface area contributed by atoms with Gasteiger partial charge in [0.1, 0.15) is 0 Å². The summed E-state index contributed by atoms with van der Waals surface area (Å²) in [6, 6.07) is 0. The van der Waals surface area contributed by atoms with Gasteiger partial charge in [-0.15, -0.1) is 0 Å². The molecule has 0 unspecified atom stereocenters. The number of amides is 1. The summed E-state index contributed by atoms with van der Waals surface area (Å²) in [6.45, 7) is 3.91. The fraction of sp³-hybridized carbons (Fsp3) is 0.875. The summed E-state index contributed by atoms with van der Waals surface area (Å²) in [4.78, 5) is 13.5. The molecule has 0 aliphatic carbocycles. The Morgan fingerprint density at radius 3 is 2.73 bits per heavy atom. The Morgan fingerprint density at radius 2 is 2.27 bits per heavy atom. The molecule has 1 atom stereocenters. The van der Waals surface area contributed by atoms with Gasteiger partial charge in [0.15, 0.2) is 0 Å². The molecule has 1 N–H and O–H groups in total. The Hall–Kier alpha value is -0.570. The SMILES string of the molecule is O=C([C@H]1CCNC1)N1CCC1. The van der Waals surface area contributed by atoms with Gasteiger partial charge in [0.05, 0.1) is 5.92 Å². The molecule has 0 bridgehead atoms. The summed E-state index contributed by atoms with van der Waals surface area (Å²) >= 11 is 0. The third kappa shape index (κ3) is 1.25. The molecule has 0 aromatic carbocycles. The normalized spacial score (nSPS) is 30.2. The minimum absolute atomic E-state index is 0.287. The molecule has 0 radical (unpaired) electrons. The van der Waals surface area contributed by atoms with E-state index in [1.54, 1.807) is 0 Å². The van der Waals surface area contributed by atoms with Gasteiger partial charge in [-0.1, -0.05) is 0 Å². The predicted octanol–water partition coefficient (Wildman–Crippen LogP) is -0.172. The maximum atomic E-state index is 11.5. The van der Waals surface area contributed by atoms with Gasteiger partial charge in [-0.2, -0.15) is 0 Å². The predicted molar refractivity (Wildman–Crippen MR) is 42.2 cm³/mol. The van der Waals surface area contributed by atoms with Crippen LogP contribution in [-0.4, -0.2) is 37.0 Å². The lowest BCUT2D eigenvalue weighted by molar-refractivity contribution is -0.138. The highest BCUT2D eigenvalue weighted by atomic mass is 16.2. The summed E-state index contributed by atoms with van der Waals surface area (Å²) in [5.74, 6) is 0.663. The van der Waals surface area contributed by atoms with Gasteiger partial charge in [0.25, 0.3) is 0 Å². The number of nitrogens with one attached hydrogen (secondary N) is 1. The van der Waals surface area contributed by atoms with Crippen molar-refractivity contribution in [3.05, 3.63) is 0 Å². The number of hydrogen-bond donors (Lipinski definition) is 1. The van der Waals surface area contributed by atoms with Crippen LogP contribution in [0.25, 0.3) is 0 Å². The second-order valence-corrected chi connectivity index (χ2v) is 3.37. The lowest BCUT2D eigenvalue weighted by Crippen LogP contribution is -2.45. The van der Waals surface area contributed by atoms with E-state index in [2.05, 4.69) is 5.32 Å². The van der Waals surface area contributed by atoms with Crippen molar-refractivity contribution in [3.8, 4) is 0 Å². The molecule has 3 nitrogen and oxygen atoms in total. The van der Waals surface area contributed by atoms with E-state index < -0.39 is 0 Å². The lowest BCUT2D eigenvalue weighted by Gasteiger charge is -2.32. The highest BCUT2D eigenvalue weighted by Crippen LogP contribution is 2.15. The van der Waals surface area contributed by atoms with E-state index in [0.29, 0.717) is 5.91 Å². The zero-order valence-electron chi connectivity index (χ0n) is 6.68. The maximum absolute atomic E-state index is 11.5. The Labute approximate surface area is 66.8 Å². The molecule has 11 heavy (non-hydrogen) atoms. The number of likely N-dealkylation sites (tertiary alicyclic amines) is 1. The first-order valence-electron chi connectivity index (χ1n) is 4.37. The first kappa shape index (κ1) is 7.10. The molecule has 0 saturated carbocycles. The highest BCUT2D eigenvalue weighted by molar-refractivity contribution is 5.80. The van der Waals surface area contributed by atoms with E-state index in [9.17, 15) is 4.79 Å². The zero-order valence-corrected chi connectivity index (χ0v) is 6.68. The number of hydrogen-bond acceptors (Lipinski definition) is 2. The molecule has 2 heterocycles. The van der Waals surface area contributed by atoms with Crippen LogP contribution in [0.15, 0.2) is 0 Å². The van der Waals surface area contributed by atoms with Crippen LogP contribution in [0.3, 0.4) is 0 Å². The van der Waals surface area contributed by atoms with Crippen molar-refractivity contribution >= 4 is 5.91 Å². The lowest BCUT2D eigenvalue weighted by atomic mass is 10.1. The van der Waals surface area contributed by atoms with Crippen LogP contribution in [0.1, 0.15) is 12.8 Å². The van der Waals surface area contributed by atoms with Gasteiger partial charge >= 0.3 is 0 Å². The summed E-state index contributed by atoms with van der Waals surface area (Å²) < 4.78 is 0. The largest absolute Gasteiger partial charge is 0.342 e. The molecular weight excluding hydrogens is 140 g/mol. The first-order valence-corrected chi connectivity index (χ1v) is 4.37. The average Bonchev–Trinajstić information content (AvgIpc) is 2.32. The first-order chi connectivity index (χ1) is 5.38. The zero-order chi connectivity index (χ0) is 7.68. The summed E-state index contributed by atoms with van der Waals surface area (Å²) in [7, 11) is 0. The van der Waals surface area contributed by atoms with Crippen molar-refractivity contribution in [3.63, 3.8) is 0 Å². The monoisotopic (exact) mass is 154 g/mol. The van der Waals surface area contributed by atoms with Gasteiger partial charge in [0.2, 0.25) is 5.91 Å². The van der Waals surface area contributed by atoms with Crippen molar-refractivity contribution in [2.75, 3.05) is 26.2 Å². The summed E-state index contributed by atoms with van der Waals surface area (Å²) in [5, 5.41) is 3.21. The molecule has 0 aromatic heterocycles. The van der Waals surface area contributed by atoms with Crippen LogP contribution < -0.4 is 5.32 Å². The van der Waals surface area contributed by atoms with E-state index in [-0.39, 0.29) is 5.92 Å². The van der Waals surface area contributed by atoms with E-state index in [1.807, 2.05) is 4.90 Å². The Kier molecular flexibility index (Phi) is 1.82. The van der Waals surface area contributed by atoms with Crippen molar-refractivity contribution in [2.45, 2.75) is 12.8 Å². The molecular formula is C8H14N2O. The number of rotatable bonds is 1. The molecule has 62 valence electrons. The van der Waals surface area contributed by atoms with Crippen LogP contribution in [0.4, 0.5) is 0 Å². The molecule has 0 spiro atoms. The van der Waals surface area contributed by atoms with Gasteiger partial charge in [-0.05, 0) is 19.4 Å². The minimum atomic E-state index is 0.287. The van der Waals surface area contributed by atoms with Crippen LogP contribution in [0, 0.1) is 5.92 Å². The molecule has 1 amide bonds. The Balaban J connectivity index is 1.87. The fourth-order valence-electron chi connectivity index (χ4n) is 1.66. The van der Waals surface area contributed by atoms with Gasteiger partial charge in [0, 0.05) is 19.6 Å². The molecule has 2 aliphatic rings. The van der Waals surface area contributed by atoms with Crippen LogP contribution >= 0.6 is 0 Å². The molecule has 2 saturated heterocycles. The fourth-order valence-corrected chi connectivity index (χ4v) is 1.66. The van der Waals surface area contributed by atoms with Gasteiger partial charge in [-0.3, -0.25) is 4.79 Å². The quantitative estimate of drug-likeness (QED) is 0.568. The van der Waals surface area contributed by atoms with Crippen molar-refractivity contribution in [1.29, 1.82) is 0 Å². The average molecular weight is 154 g/mol. The number of carbonyl (C=O) groups is 1. The van der Waals surface area contributed by atoms with Crippen LogP contribution in [0.5, 0.6) is 0 Å². The maximum Gasteiger partial charge on any atom is 0.227 e. The van der Waals surface area contributed by atoms with Crippen LogP contribution in [-0.2, 0) is 4.79 Å². The van der Waals surface area contributed by atoms with E-state index in [4.69, 9.17) is 0 Å². The number of nitrogens with zero attached hydrogens (tertiary/aromatic N) is 1. The van der Waals surface area contributed by atoms with E-state index >= 15 is 0 Å². The van der Waals surface area contributed by atoms with Crippen molar-refractivity contribution in [1.82, 2.24) is 10.2 Å². The van der Waals surface area contributed by atoms with Gasteiger partial charge < -0.3 is 10.2 Å². The minimum Gasteiger partial charge on any atom is -0.342 e. The Bertz CT molecular complexity index is 159. The van der Waals surface area contributed by atoms with Crippen LogP contribution in [0.2, 0.25) is 0 Å². The molecule has 0 aromatic rings. The van der Waals surface area contributed by atoms with Crippen molar-refractivity contribution in [2.24, 2.45) is 5.92 Å². The smallest absolute Gasteiger partial charge is 0.227 e. The molecule has 3 heteroatoms. The third-order valence-corrected chi connectivity index (χ3v) is 2.58. The standard InChI is InChI=1S/C8H14N2O/c11-8(10-4-1-5-10)7-2-3-9-6-7/h7,9H,1-6H2/t7-/m0/s1. The van der Waals surface area contributed by atoms with Gasteiger partial charge in [-0.25, -0.2) is 0 Å². The van der Waals surface area contributed by atoms with E-state index in [0.717, 1.165) is 32.6 Å². The second kappa shape index (κ2) is 2.81. The molecule has 2 rings (SSSR count). The van der Waals surface area contributed by atoms with E-state index in [1.165, 1.54) is 6.42 Å². The second-order valence-electron chi connectivity index (χ2n) is 3.37. The topological polar surface area (TPSA) is 32.3 Å². The summed E-state index contributed by atoms with van der Waals surface area (Å²) in [6.07, 6.45) is 2.24. The third-order valence-electron chi connectivity index (χ3n) is 2.58. The number of carbonyl (C=O) groups excluding carboxylic acids is 1. The van der Waals surface area contributed by atoms with Crippen molar-refractivity contribution < 1.29 is 4.79 Å². The Morgan fingerprint density at radius 1 is 1.45 bits per heavy atom. The molecule has 2 fully saturated rings.